The molecule has 26 heavy (non-hydrogen) atoms. The predicted molar refractivity (Wildman–Crippen MR) is 103 cm³/mol. The van der Waals surface area contributed by atoms with Gasteiger partial charge in [0.05, 0.1) is 5.69 Å². The van der Waals surface area contributed by atoms with Crippen molar-refractivity contribution in [3.8, 4) is 5.75 Å². The van der Waals surface area contributed by atoms with Crippen molar-refractivity contribution in [3.05, 3.63) is 58.9 Å². The van der Waals surface area contributed by atoms with Gasteiger partial charge in [-0.1, -0.05) is 23.7 Å². The highest BCUT2D eigenvalue weighted by molar-refractivity contribution is 6.31. The minimum Gasteiger partial charge on any atom is -0.491 e. The number of ether oxygens (including phenoxy) is 1. The van der Waals surface area contributed by atoms with Crippen LogP contribution < -0.4 is 9.64 Å². The van der Waals surface area contributed by atoms with Crippen molar-refractivity contribution in [2.75, 3.05) is 44.2 Å². The average Bonchev–Trinajstić information content (AvgIpc) is 2.64. The molecule has 0 radical (unpaired) electrons. The highest BCUT2D eigenvalue weighted by atomic mass is 35.5. The molecule has 0 unspecified atom stereocenters. The summed E-state index contributed by atoms with van der Waals surface area (Å²) in [7, 11) is 0. The van der Waals surface area contributed by atoms with E-state index < -0.39 is 6.10 Å². The van der Waals surface area contributed by atoms with Crippen LogP contribution in [0.2, 0.25) is 5.02 Å². The first-order valence-corrected chi connectivity index (χ1v) is 9.19. The Bertz CT molecular complexity index is 736. The van der Waals surface area contributed by atoms with E-state index in [1.807, 2.05) is 30.0 Å². The number of β-amino-alcohol motifs (C(OH)–C–C–N with tert-alkyl or cyclic N) is 1. The molecule has 4 nitrogen and oxygen atoms in total. The van der Waals surface area contributed by atoms with E-state index in [0.717, 1.165) is 31.7 Å². The molecule has 1 fully saturated rings. The van der Waals surface area contributed by atoms with Gasteiger partial charge in [0.25, 0.3) is 0 Å². The van der Waals surface area contributed by atoms with Gasteiger partial charge in [0.15, 0.2) is 0 Å². The molecule has 1 heterocycles. The summed E-state index contributed by atoms with van der Waals surface area (Å²) in [5.41, 5.74) is 1.59. The van der Waals surface area contributed by atoms with Gasteiger partial charge in [0, 0.05) is 37.7 Å². The zero-order valence-corrected chi connectivity index (χ0v) is 15.6. The topological polar surface area (TPSA) is 35.9 Å². The molecule has 140 valence electrons. The molecule has 0 bridgehead atoms. The summed E-state index contributed by atoms with van der Waals surface area (Å²) in [6.45, 7) is 5.74. The molecular formula is C20H24ClFN2O2. The second-order valence-corrected chi connectivity index (χ2v) is 7.02. The summed E-state index contributed by atoms with van der Waals surface area (Å²) in [6, 6.07) is 12.3. The molecule has 1 saturated heterocycles. The number of rotatable bonds is 6. The fraction of sp³-hybridized carbons (Fsp3) is 0.400. The van der Waals surface area contributed by atoms with Gasteiger partial charge in [-0.25, -0.2) is 4.39 Å². The third-order valence-corrected chi connectivity index (χ3v) is 5.03. The SMILES string of the molecule is Cc1cc(OC[C@@H](O)CN2CCN(c3ccccc3F)CC2)ccc1Cl. The van der Waals surface area contributed by atoms with Gasteiger partial charge < -0.3 is 14.7 Å². The molecule has 2 aromatic rings. The van der Waals surface area contributed by atoms with Gasteiger partial charge in [0.2, 0.25) is 0 Å². The van der Waals surface area contributed by atoms with Crippen LogP contribution in [0.25, 0.3) is 0 Å². The number of hydrogen-bond acceptors (Lipinski definition) is 4. The third-order valence-electron chi connectivity index (χ3n) is 4.61. The van der Waals surface area contributed by atoms with E-state index in [0.29, 0.717) is 23.0 Å². The van der Waals surface area contributed by atoms with E-state index >= 15 is 0 Å². The number of benzene rings is 2. The molecule has 1 N–H and O–H groups in total. The number of halogens is 2. The van der Waals surface area contributed by atoms with Crippen LogP contribution in [0.1, 0.15) is 5.56 Å². The van der Waals surface area contributed by atoms with Crippen molar-refractivity contribution in [2.45, 2.75) is 13.0 Å². The smallest absolute Gasteiger partial charge is 0.146 e. The van der Waals surface area contributed by atoms with Gasteiger partial charge in [0.1, 0.15) is 24.3 Å². The zero-order chi connectivity index (χ0) is 18.5. The normalized spacial score (nSPS) is 16.5. The summed E-state index contributed by atoms with van der Waals surface area (Å²) in [5.74, 6) is 0.517. The van der Waals surface area contributed by atoms with Crippen LogP contribution in [-0.2, 0) is 0 Å². The molecule has 0 saturated carbocycles. The molecular weight excluding hydrogens is 355 g/mol. The fourth-order valence-corrected chi connectivity index (χ4v) is 3.25. The molecule has 0 aliphatic carbocycles. The van der Waals surface area contributed by atoms with E-state index in [4.69, 9.17) is 16.3 Å². The lowest BCUT2D eigenvalue weighted by atomic mass is 10.2. The predicted octanol–water partition coefficient (Wildman–Crippen LogP) is 3.35. The maximum atomic E-state index is 13.9. The zero-order valence-electron chi connectivity index (χ0n) is 14.9. The van der Waals surface area contributed by atoms with Crippen molar-refractivity contribution in [2.24, 2.45) is 0 Å². The Labute approximate surface area is 158 Å². The van der Waals surface area contributed by atoms with E-state index in [1.165, 1.54) is 6.07 Å². The second kappa shape index (κ2) is 8.71. The van der Waals surface area contributed by atoms with Crippen LogP contribution in [-0.4, -0.2) is 55.4 Å². The Kier molecular flexibility index (Phi) is 6.35. The Balaban J connectivity index is 1.44. The molecule has 1 aliphatic heterocycles. The molecule has 2 aromatic carbocycles. The van der Waals surface area contributed by atoms with Crippen LogP contribution in [0.4, 0.5) is 10.1 Å². The van der Waals surface area contributed by atoms with Crippen LogP contribution in [0.15, 0.2) is 42.5 Å². The van der Waals surface area contributed by atoms with Crippen LogP contribution in [0.5, 0.6) is 5.75 Å². The van der Waals surface area contributed by atoms with Gasteiger partial charge >= 0.3 is 0 Å². The monoisotopic (exact) mass is 378 g/mol. The lowest BCUT2D eigenvalue weighted by Crippen LogP contribution is -2.49. The Morgan fingerprint density at radius 2 is 1.88 bits per heavy atom. The van der Waals surface area contributed by atoms with Crippen molar-refractivity contribution in [1.82, 2.24) is 4.90 Å². The Morgan fingerprint density at radius 3 is 2.58 bits per heavy atom. The van der Waals surface area contributed by atoms with Crippen molar-refractivity contribution < 1.29 is 14.2 Å². The molecule has 0 amide bonds. The summed E-state index contributed by atoms with van der Waals surface area (Å²) >= 11 is 6.00. The van der Waals surface area contributed by atoms with Crippen LogP contribution in [0, 0.1) is 12.7 Å². The second-order valence-electron chi connectivity index (χ2n) is 6.61. The summed E-state index contributed by atoms with van der Waals surface area (Å²) in [6.07, 6.45) is -0.578. The minimum atomic E-state index is -0.578. The van der Waals surface area contributed by atoms with Crippen LogP contribution in [0.3, 0.4) is 0 Å². The molecule has 0 aromatic heterocycles. The number of aryl methyl sites for hydroxylation is 1. The van der Waals surface area contributed by atoms with Crippen molar-refractivity contribution in [1.29, 1.82) is 0 Å². The summed E-state index contributed by atoms with van der Waals surface area (Å²) in [4.78, 5) is 4.23. The Hall–Kier alpha value is -1.82. The van der Waals surface area contributed by atoms with Crippen molar-refractivity contribution in [3.63, 3.8) is 0 Å². The standard InChI is InChI=1S/C20H24ClFN2O2/c1-15-12-17(6-7-18(15)21)26-14-16(25)13-23-8-10-24(11-9-23)20-5-3-2-4-19(20)22/h2-7,12,16,25H,8-11,13-14H2,1H3/t16-/m0/s1. The molecule has 3 rings (SSSR count). The van der Waals surface area contributed by atoms with Gasteiger partial charge in [-0.15, -0.1) is 0 Å². The maximum Gasteiger partial charge on any atom is 0.146 e. The largest absolute Gasteiger partial charge is 0.491 e. The van der Waals surface area contributed by atoms with E-state index in [-0.39, 0.29) is 12.4 Å². The maximum absolute atomic E-state index is 13.9. The van der Waals surface area contributed by atoms with Crippen LogP contribution >= 0.6 is 11.6 Å². The first-order valence-electron chi connectivity index (χ1n) is 8.82. The van der Waals surface area contributed by atoms with Gasteiger partial charge in [-0.2, -0.15) is 0 Å². The average molecular weight is 379 g/mol. The number of para-hydroxylation sites is 1. The number of aliphatic hydroxyl groups excluding tert-OH is 1. The molecule has 6 heteroatoms. The molecule has 0 spiro atoms. The first kappa shape index (κ1) is 19.0. The fourth-order valence-electron chi connectivity index (χ4n) is 3.13. The highest BCUT2D eigenvalue weighted by Gasteiger charge is 2.21. The third kappa shape index (κ3) is 4.87. The quantitative estimate of drug-likeness (QED) is 0.836. The number of hydrogen-bond donors (Lipinski definition) is 1. The highest BCUT2D eigenvalue weighted by Crippen LogP contribution is 2.22. The van der Waals surface area contributed by atoms with E-state index in [2.05, 4.69) is 4.90 Å². The minimum absolute atomic E-state index is 0.187. The van der Waals surface area contributed by atoms with Crippen molar-refractivity contribution >= 4 is 17.3 Å². The molecule has 1 atom stereocenters. The van der Waals surface area contributed by atoms with Gasteiger partial charge in [-0.05, 0) is 42.8 Å². The van der Waals surface area contributed by atoms with Gasteiger partial charge in [-0.3, -0.25) is 4.90 Å². The Morgan fingerprint density at radius 1 is 1.15 bits per heavy atom. The first-order chi connectivity index (χ1) is 12.5. The summed E-state index contributed by atoms with van der Waals surface area (Å²) in [5, 5.41) is 10.9. The number of anilines is 1. The summed E-state index contributed by atoms with van der Waals surface area (Å²) < 4.78 is 19.5. The number of piperazine rings is 1. The molecule has 1 aliphatic rings. The van der Waals surface area contributed by atoms with E-state index in [9.17, 15) is 9.50 Å². The van der Waals surface area contributed by atoms with E-state index in [1.54, 1.807) is 18.2 Å². The lowest BCUT2D eigenvalue weighted by molar-refractivity contribution is 0.0662. The number of nitrogens with zero attached hydrogens (tertiary/aromatic N) is 2. The lowest BCUT2D eigenvalue weighted by Gasteiger charge is -2.36. The number of aliphatic hydroxyl groups is 1.